The lowest BCUT2D eigenvalue weighted by atomic mass is 10.1. The first kappa shape index (κ1) is 21.7. The molecule has 0 unspecified atom stereocenters. The molecule has 0 aromatic heterocycles. The van der Waals surface area contributed by atoms with E-state index in [1.807, 2.05) is 0 Å². The van der Waals surface area contributed by atoms with Gasteiger partial charge in [0.25, 0.3) is 0 Å². The number of anilines is 1. The van der Waals surface area contributed by atoms with Crippen LogP contribution in [0, 0.1) is 0 Å². The monoisotopic (exact) mass is 361 g/mol. The molecule has 1 aromatic rings. The molecular weight excluding hydrogens is 337 g/mol. The van der Waals surface area contributed by atoms with Gasteiger partial charge in [-0.3, -0.25) is 9.59 Å². The van der Waals surface area contributed by atoms with Crippen LogP contribution in [0.4, 0.5) is 5.69 Å². The Balaban J connectivity index is 0.00000484. The Morgan fingerprint density at radius 1 is 1.22 bits per heavy atom. The van der Waals surface area contributed by atoms with E-state index >= 15 is 0 Å². The molecule has 0 aliphatic rings. The molecule has 0 aliphatic carbocycles. The van der Waals surface area contributed by atoms with Crippen LogP contribution in [0.2, 0.25) is 5.02 Å². The van der Waals surface area contributed by atoms with Crippen LogP contribution < -0.4 is 11.1 Å². The summed E-state index contributed by atoms with van der Waals surface area (Å²) in [6.07, 6.45) is 4.32. The molecule has 0 spiro atoms. The molecule has 2 amide bonds. The summed E-state index contributed by atoms with van der Waals surface area (Å²) in [6.45, 7) is 0.728. The molecule has 130 valence electrons. The van der Waals surface area contributed by atoms with Gasteiger partial charge < -0.3 is 16.0 Å². The van der Waals surface area contributed by atoms with Crippen LogP contribution in [-0.4, -0.2) is 36.9 Å². The normalized spacial score (nSPS) is 9.87. The number of nitrogens with two attached hydrogens (primary N) is 1. The molecule has 1 rings (SSSR count). The fraction of sp³-hybridized carbons (Fsp3) is 0.500. The molecule has 0 heterocycles. The standard InChI is InChI=1S/C16H24ClN3O2.ClH/c1-20(16(22)9-4-2-3-5-10-18)12-15(21)19-14-8-6-7-13(17)11-14;/h6-8,11H,2-5,9-10,12,18H2,1H3,(H,19,21);1H. The van der Waals surface area contributed by atoms with Crippen molar-refractivity contribution in [2.75, 3.05) is 25.5 Å². The molecule has 0 saturated carbocycles. The third-order valence-electron chi connectivity index (χ3n) is 3.26. The molecule has 1 aromatic carbocycles. The van der Waals surface area contributed by atoms with E-state index in [-0.39, 0.29) is 30.8 Å². The zero-order chi connectivity index (χ0) is 16.4. The Morgan fingerprint density at radius 3 is 2.57 bits per heavy atom. The maximum absolute atomic E-state index is 11.9. The summed E-state index contributed by atoms with van der Waals surface area (Å²) in [6, 6.07) is 6.91. The molecule has 0 atom stereocenters. The summed E-state index contributed by atoms with van der Waals surface area (Å²) in [4.78, 5) is 25.3. The van der Waals surface area contributed by atoms with Gasteiger partial charge in [-0.05, 0) is 37.6 Å². The SMILES string of the molecule is CN(CC(=O)Nc1cccc(Cl)c1)C(=O)CCCCCCN.Cl. The Kier molecular flexibility index (Phi) is 11.5. The summed E-state index contributed by atoms with van der Waals surface area (Å²) >= 11 is 5.85. The molecule has 23 heavy (non-hydrogen) atoms. The van der Waals surface area contributed by atoms with Crippen molar-refractivity contribution in [3.8, 4) is 0 Å². The number of nitrogens with zero attached hydrogens (tertiary/aromatic N) is 1. The topological polar surface area (TPSA) is 75.4 Å². The summed E-state index contributed by atoms with van der Waals surface area (Å²) in [7, 11) is 1.64. The van der Waals surface area contributed by atoms with Gasteiger partial charge in [-0.15, -0.1) is 12.4 Å². The zero-order valence-corrected chi connectivity index (χ0v) is 15.0. The number of hydrogen-bond donors (Lipinski definition) is 2. The zero-order valence-electron chi connectivity index (χ0n) is 13.4. The smallest absolute Gasteiger partial charge is 0.243 e. The van der Waals surface area contributed by atoms with Crippen molar-refractivity contribution in [3.63, 3.8) is 0 Å². The molecule has 0 fully saturated rings. The predicted molar refractivity (Wildman–Crippen MR) is 97.1 cm³/mol. The van der Waals surface area contributed by atoms with Gasteiger partial charge in [0.2, 0.25) is 11.8 Å². The van der Waals surface area contributed by atoms with Crippen LogP contribution in [0.15, 0.2) is 24.3 Å². The van der Waals surface area contributed by atoms with Crippen molar-refractivity contribution in [2.45, 2.75) is 32.1 Å². The Labute approximate surface area is 149 Å². The van der Waals surface area contributed by atoms with Gasteiger partial charge in [0, 0.05) is 24.2 Å². The van der Waals surface area contributed by atoms with Gasteiger partial charge in [0.1, 0.15) is 0 Å². The molecule has 0 bridgehead atoms. The summed E-state index contributed by atoms with van der Waals surface area (Å²) in [5.41, 5.74) is 6.04. The number of hydrogen-bond acceptors (Lipinski definition) is 3. The highest BCUT2D eigenvalue weighted by Gasteiger charge is 2.12. The van der Waals surface area contributed by atoms with Gasteiger partial charge in [0.05, 0.1) is 6.54 Å². The Hall–Kier alpha value is -1.30. The van der Waals surface area contributed by atoms with E-state index < -0.39 is 0 Å². The second-order valence-electron chi connectivity index (χ2n) is 5.26. The summed E-state index contributed by atoms with van der Waals surface area (Å²) in [5, 5.41) is 3.28. The minimum absolute atomic E-state index is 0. The van der Waals surface area contributed by atoms with Gasteiger partial charge in [-0.1, -0.05) is 30.5 Å². The lowest BCUT2D eigenvalue weighted by molar-refractivity contribution is -0.133. The third-order valence-corrected chi connectivity index (χ3v) is 3.49. The third kappa shape index (κ3) is 9.43. The van der Waals surface area contributed by atoms with Gasteiger partial charge in [-0.2, -0.15) is 0 Å². The van der Waals surface area contributed by atoms with E-state index in [1.54, 1.807) is 31.3 Å². The fourth-order valence-corrected chi connectivity index (χ4v) is 2.23. The van der Waals surface area contributed by atoms with Crippen LogP contribution in [0.25, 0.3) is 0 Å². The number of carbonyl (C=O) groups is 2. The molecule has 5 nitrogen and oxygen atoms in total. The summed E-state index contributed by atoms with van der Waals surface area (Å²) < 4.78 is 0. The maximum Gasteiger partial charge on any atom is 0.243 e. The highest BCUT2D eigenvalue weighted by molar-refractivity contribution is 6.30. The predicted octanol–water partition coefficient (Wildman–Crippen LogP) is 3.07. The van der Waals surface area contributed by atoms with Gasteiger partial charge >= 0.3 is 0 Å². The van der Waals surface area contributed by atoms with Crippen molar-refractivity contribution in [2.24, 2.45) is 5.73 Å². The number of carbonyl (C=O) groups excluding carboxylic acids is 2. The number of benzene rings is 1. The van der Waals surface area contributed by atoms with Gasteiger partial charge in [0.15, 0.2) is 0 Å². The largest absolute Gasteiger partial charge is 0.336 e. The van der Waals surface area contributed by atoms with E-state index in [4.69, 9.17) is 17.3 Å². The highest BCUT2D eigenvalue weighted by atomic mass is 35.5. The minimum Gasteiger partial charge on any atom is -0.336 e. The molecular formula is C16H25Cl2N3O2. The second kappa shape index (κ2) is 12.2. The summed E-state index contributed by atoms with van der Waals surface area (Å²) in [5.74, 6) is -0.254. The molecule has 0 radical (unpaired) electrons. The van der Waals surface area contributed by atoms with Crippen molar-refractivity contribution >= 4 is 41.5 Å². The van der Waals surface area contributed by atoms with Crippen molar-refractivity contribution < 1.29 is 9.59 Å². The van der Waals surface area contributed by atoms with Crippen molar-refractivity contribution in [3.05, 3.63) is 29.3 Å². The number of unbranched alkanes of at least 4 members (excludes halogenated alkanes) is 3. The fourth-order valence-electron chi connectivity index (χ4n) is 2.04. The van der Waals surface area contributed by atoms with Crippen LogP contribution in [0.5, 0.6) is 0 Å². The number of likely N-dealkylation sites (N-methyl/N-ethyl adjacent to an activating group) is 1. The Morgan fingerprint density at radius 2 is 1.91 bits per heavy atom. The minimum atomic E-state index is -0.235. The maximum atomic E-state index is 11.9. The van der Waals surface area contributed by atoms with Gasteiger partial charge in [-0.25, -0.2) is 0 Å². The lowest BCUT2D eigenvalue weighted by Gasteiger charge is -2.17. The lowest BCUT2D eigenvalue weighted by Crippen LogP contribution is -2.34. The molecule has 0 saturated heterocycles. The first-order valence-electron chi connectivity index (χ1n) is 7.52. The van der Waals surface area contributed by atoms with Crippen LogP contribution >= 0.6 is 24.0 Å². The van der Waals surface area contributed by atoms with E-state index in [9.17, 15) is 9.59 Å². The number of nitrogens with one attached hydrogen (secondary N) is 1. The van der Waals surface area contributed by atoms with E-state index in [2.05, 4.69) is 5.32 Å². The second-order valence-corrected chi connectivity index (χ2v) is 5.70. The molecule has 0 aliphatic heterocycles. The quantitative estimate of drug-likeness (QED) is 0.663. The highest BCUT2D eigenvalue weighted by Crippen LogP contribution is 2.14. The van der Waals surface area contributed by atoms with E-state index in [0.717, 1.165) is 25.7 Å². The molecule has 3 N–H and O–H groups in total. The average Bonchev–Trinajstić information content (AvgIpc) is 2.46. The van der Waals surface area contributed by atoms with Crippen LogP contribution in [0.3, 0.4) is 0 Å². The van der Waals surface area contributed by atoms with Crippen molar-refractivity contribution in [1.82, 2.24) is 4.90 Å². The Bertz CT molecular complexity index is 498. The first-order valence-corrected chi connectivity index (χ1v) is 7.90. The van der Waals surface area contributed by atoms with E-state index in [0.29, 0.717) is 23.7 Å². The van der Waals surface area contributed by atoms with Crippen molar-refractivity contribution in [1.29, 1.82) is 0 Å². The number of halogens is 2. The number of amides is 2. The average molecular weight is 362 g/mol. The van der Waals surface area contributed by atoms with Crippen LogP contribution in [-0.2, 0) is 9.59 Å². The van der Waals surface area contributed by atoms with E-state index in [1.165, 1.54) is 4.90 Å². The molecule has 7 heteroatoms. The van der Waals surface area contributed by atoms with Crippen LogP contribution in [0.1, 0.15) is 32.1 Å². The number of rotatable bonds is 9. The first-order chi connectivity index (χ1) is 10.5.